The monoisotopic (exact) mass is 408 g/mol. The third-order valence-electron chi connectivity index (χ3n) is 5.91. The summed E-state index contributed by atoms with van der Waals surface area (Å²) in [6, 6.07) is 6.46. The Labute approximate surface area is 166 Å². The predicted octanol–water partition coefficient (Wildman–Crippen LogP) is 2.23. The van der Waals surface area contributed by atoms with Crippen molar-refractivity contribution in [2.24, 2.45) is 0 Å². The van der Waals surface area contributed by atoms with Crippen molar-refractivity contribution >= 4 is 15.9 Å². The van der Waals surface area contributed by atoms with E-state index in [-0.39, 0.29) is 10.8 Å². The van der Waals surface area contributed by atoms with Gasteiger partial charge in [0.25, 0.3) is 5.91 Å². The second kappa shape index (κ2) is 8.10. The van der Waals surface area contributed by atoms with Crippen molar-refractivity contribution in [1.82, 2.24) is 9.21 Å². The van der Waals surface area contributed by atoms with E-state index >= 15 is 0 Å². The van der Waals surface area contributed by atoms with E-state index in [2.05, 4.69) is 0 Å². The van der Waals surface area contributed by atoms with E-state index < -0.39 is 15.8 Å². The topological polar surface area (TPSA) is 76.2 Å². The van der Waals surface area contributed by atoms with Crippen molar-refractivity contribution < 1.29 is 22.7 Å². The van der Waals surface area contributed by atoms with Gasteiger partial charge in [-0.05, 0) is 31.0 Å². The van der Waals surface area contributed by atoms with E-state index in [1.165, 1.54) is 6.07 Å². The molecule has 1 spiro atoms. The lowest BCUT2D eigenvalue weighted by Gasteiger charge is -2.37. The molecule has 154 valence electrons. The van der Waals surface area contributed by atoms with Crippen LogP contribution in [0.15, 0.2) is 29.2 Å². The number of benzene rings is 1. The summed E-state index contributed by atoms with van der Waals surface area (Å²) >= 11 is 0. The number of amides is 1. The van der Waals surface area contributed by atoms with E-state index in [9.17, 15) is 13.2 Å². The number of ether oxygens (including phenoxy) is 2. The van der Waals surface area contributed by atoms with Crippen LogP contribution in [0.5, 0.6) is 0 Å². The van der Waals surface area contributed by atoms with Crippen LogP contribution >= 0.6 is 0 Å². The second-order valence-electron chi connectivity index (χ2n) is 7.75. The summed E-state index contributed by atoms with van der Waals surface area (Å²) in [7, 11) is -3.57. The number of carbonyl (C=O) groups is 1. The largest absolute Gasteiger partial charge is 0.347 e. The summed E-state index contributed by atoms with van der Waals surface area (Å²) < 4.78 is 39.0. The zero-order valence-electron chi connectivity index (χ0n) is 16.1. The molecular weight excluding hydrogens is 380 g/mol. The number of likely N-dealkylation sites (tertiary alicyclic amines) is 1. The van der Waals surface area contributed by atoms with Gasteiger partial charge in [-0.25, -0.2) is 8.42 Å². The molecule has 4 rings (SSSR count). The SMILES string of the molecule is O=C(c1cccc(S(=O)(=O)N2CCCCCC2)c1)N1CCC2(CC1)OCCO2. The number of sulfonamides is 1. The van der Waals surface area contributed by atoms with Crippen LogP contribution in [-0.4, -0.2) is 68.7 Å². The van der Waals surface area contributed by atoms with Crippen molar-refractivity contribution in [2.75, 3.05) is 39.4 Å². The van der Waals surface area contributed by atoms with Crippen LogP contribution in [0, 0.1) is 0 Å². The molecule has 3 fully saturated rings. The van der Waals surface area contributed by atoms with Gasteiger partial charge in [-0.15, -0.1) is 0 Å². The molecule has 7 nitrogen and oxygen atoms in total. The lowest BCUT2D eigenvalue weighted by atomic mass is 10.0. The van der Waals surface area contributed by atoms with E-state index in [1.807, 2.05) is 0 Å². The van der Waals surface area contributed by atoms with Gasteiger partial charge in [-0.1, -0.05) is 18.9 Å². The molecule has 0 aromatic heterocycles. The Kier molecular flexibility index (Phi) is 5.73. The zero-order valence-corrected chi connectivity index (χ0v) is 17.0. The highest BCUT2D eigenvalue weighted by Gasteiger charge is 2.41. The molecule has 3 heterocycles. The molecule has 0 aliphatic carbocycles. The molecule has 8 heteroatoms. The minimum absolute atomic E-state index is 0.138. The van der Waals surface area contributed by atoms with Gasteiger partial charge in [0, 0.05) is 44.6 Å². The van der Waals surface area contributed by atoms with Gasteiger partial charge in [0.2, 0.25) is 10.0 Å². The van der Waals surface area contributed by atoms with Gasteiger partial charge in [0.05, 0.1) is 18.1 Å². The molecule has 0 N–H and O–H groups in total. The fourth-order valence-corrected chi connectivity index (χ4v) is 5.80. The Bertz CT molecular complexity index is 802. The minimum atomic E-state index is -3.57. The van der Waals surface area contributed by atoms with Gasteiger partial charge in [-0.2, -0.15) is 4.31 Å². The molecule has 0 atom stereocenters. The number of piperidine rings is 1. The Hall–Kier alpha value is -1.48. The smallest absolute Gasteiger partial charge is 0.253 e. The molecule has 3 saturated heterocycles. The summed E-state index contributed by atoms with van der Waals surface area (Å²) in [5.41, 5.74) is 0.417. The standard InChI is InChI=1S/C20H28N2O5S/c23-19(21-12-8-20(9-13-21)26-14-15-27-20)17-6-5-7-18(16-17)28(24,25)22-10-3-1-2-4-11-22/h5-7,16H,1-4,8-15H2. The maximum atomic E-state index is 13.0. The predicted molar refractivity (Wildman–Crippen MR) is 103 cm³/mol. The van der Waals surface area contributed by atoms with Crippen LogP contribution in [0.1, 0.15) is 48.9 Å². The first kappa shape index (κ1) is 19.8. The third-order valence-corrected chi connectivity index (χ3v) is 7.80. The highest BCUT2D eigenvalue weighted by atomic mass is 32.2. The second-order valence-corrected chi connectivity index (χ2v) is 9.68. The highest BCUT2D eigenvalue weighted by Crippen LogP contribution is 2.32. The van der Waals surface area contributed by atoms with Gasteiger partial charge < -0.3 is 14.4 Å². The van der Waals surface area contributed by atoms with Crippen LogP contribution in [0.3, 0.4) is 0 Å². The van der Waals surface area contributed by atoms with Gasteiger partial charge in [0.15, 0.2) is 5.79 Å². The summed E-state index contributed by atoms with van der Waals surface area (Å²) in [5.74, 6) is -0.671. The van der Waals surface area contributed by atoms with Crippen LogP contribution in [0.4, 0.5) is 0 Å². The molecule has 0 radical (unpaired) electrons. The fraction of sp³-hybridized carbons (Fsp3) is 0.650. The lowest BCUT2D eigenvalue weighted by molar-refractivity contribution is -0.181. The normalized spacial score (nSPS) is 23.6. The molecule has 1 amide bonds. The summed E-state index contributed by atoms with van der Waals surface area (Å²) in [6.45, 7) is 3.39. The average Bonchev–Trinajstić information content (AvgIpc) is 2.99. The van der Waals surface area contributed by atoms with Crippen LogP contribution in [-0.2, 0) is 19.5 Å². The summed E-state index contributed by atoms with van der Waals surface area (Å²) in [4.78, 5) is 14.9. The molecule has 0 saturated carbocycles. The van der Waals surface area contributed by atoms with Crippen molar-refractivity contribution in [3.05, 3.63) is 29.8 Å². The first-order chi connectivity index (χ1) is 13.5. The number of hydrogen-bond acceptors (Lipinski definition) is 5. The Morgan fingerprint density at radius 1 is 0.929 bits per heavy atom. The van der Waals surface area contributed by atoms with E-state index in [0.29, 0.717) is 57.8 Å². The minimum Gasteiger partial charge on any atom is -0.347 e. The summed E-state index contributed by atoms with van der Waals surface area (Å²) in [5, 5.41) is 0. The molecule has 1 aromatic rings. The van der Waals surface area contributed by atoms with E-state index in [0.717, 1.165) is 25.7 Å². The first-order valence-electron chi connectivity index (χ1n) is 10.2. The number of rotatable bonds is 3. The molecular formula is C20H28N2O5S. The molecule has 3 aliphatic heterocycles. The van der Waals surface area contributed by atoms with Gasteiger partial charge >= 0.3 is 0 Å². The van der Waals surface area contributed by atoms with Crippen molar-refractivity contribution in [3.63, 3.8) is 0 Å². The molecule has 0 unspecified atom stereocenters. The van der Waals surface area contributed by atoms with Crippen molar-refractivity contribution in [2.45, 2.75) is 49.2 Å². The van der Waals surface area contributed by atoms with Crippen LogP contribution in [0.2, 0.25) is 0 Å². The molecule has 3 aliphatic rings. The summed E-state index contributed by atoms with van der Waals surface area (Å²) in [6.07, 6.45) is 5.19. The average molecular weight is 409 g/mol. The quantitative estimate of drug-likeness (QED) is 0.767. The van der Waals surface area contributed by atoms with Crippen LogP contribution < -0.4 is 0 Å². The molecule has 28 heavy (non-hydrogen) atoms. The van der Waals surface area contributed by atoms with E-state index in [4.69, 9.17) is 9.47 Å². The number of carbonyl (C=O) groups excluding carboxylic acids is 1. The molecule has 0 bridgehead atoms. The zero-order chi connectivity index (χ0) is 19.6. The maximum Gasteiger partial charge on any atom is 0.253 e. The Morgan fingerprint density at radius 3 is 2.21 bits per heavy atom. The number of hydrogen-bond donors (Lipinski definition) is 0. The van der Waals surface area contributed by atoms with Crippen LogP contribution in [0.25, 0.3) is 0 Å². The highest BCUT2D eigenvalue weighted by molar-refractivity contribution is 7.89. The van der Waals surface area contributed by atoms with Gasteiger partial charge in [-0.3, -0.25) is 4.79 Å². The maximum absolute atomic E-state index is 13.0. The van der Waals surface area contributed by atoms with E-state index in [1.54, 1.807) is 27.4 Å². The van der Waals surface area contributed by atoms with Gasteiger partial charge in [0.1, 0.15) is 0 Å². The third kappa shape index (κ3) is 3.96. The Balaban J connectivity index is 1.48. The fourth-order valence-electron chi connectivity index (χ4n) is 4.24. The Morgan fingerprint density at radius 2 is 1.57 bits per heavy atom. The lowest BCUT2D eigenvalue weighted by Crippen LogP contribution is -2.47. The number of nitrogens with zero attached hydrogens (tertiary/aromatic N) is 2. The van der Waals surface area contributed by atoms with Crippen molar-refractivity contribution in [1.29, 1.82) is 0 Å². The molecule has 1 aromatic carbocycles. The van der Waals surface area contributed by atoms with Crippen molar-refractivity contribution in [3.8, 4) is 0 Å². The first-order valence-corrected chi connectivity index (χ1v) is 11.6.